The number of hydrogen-bond donors (Lipinski definition) is 2. The van der Waals surface area contributed by atoms with Crippen molar-refractivity contribution in [2.45, 2.75) is 0 Å². The van der Waals surface area contributed by atoms with Gasteiger partial charge in [0.05, 0.1) is 12.8 Å². The molecule has 4 aromatic rings. The van der Waals surface area contributed by atoms with Crippen molar-refractivity contribution in [2.24, 2.45) is 7.05 Å². The highest BCUT2D eigenvalue weighted by Crippen LogP contribution is 2.34. The first-order valence-corrected chi connectivity index (χ1v) is 9.68. The van der Waals surface area contributed by atoms with Crippen LogP contribution in [0.15, 0.2) is 65.7 Å². The fraction of sp³-hybridized carbons (Fsp3) is 0.0909. The Hall–Kier alpha value is -3.91. The van der Waals surface area contributed by atoms with E-state index in [0.29, 0.717) is 33.6 Å². The van der Waals surface area contributed by atoms with Gasteiger partial charge in [-0.2, -0.15) is 0 Å². The van der Waals surface area contributed by atoms with Gasteiger partial charge in [-0.25, -0.2) is 14.8 Å². The summed E-state index contributed by atoms with van der Waals surface area (Å²) in [4.78, 5) is 34.2. The van der Waals surface area contributed by atoms with E-state index >= 15 is 0 Å². The fourth-order valence-electron chi connectivity index (χ4n) is 3.31. The number of amides is 2. The molecule has 0 aliphatic carbocycles. The second-order valence-corrected chi connectivity index (χ2v) is 7.00. The van der Waals surface area contributed by atoms with E-state index in [1.807, 2.05) is 18.2 Å². The maximum absolute atomic E-state index is 13.2. The molecule has 0 saturated carbocycles. The number of carbonyl (C=O) groups is 1. The molecule has 0 fully saturated rings. The van der Waals surface area contributed by atoms with Crippen LogP contribution in [0.25, 0.3) is 22.2 Å². The summed E-state index contributed by atoms with van der Waals surface area (Å²) in [5, 5.41) is 6.15. The number of carbonyl (C=O) groups excluding carboxylic acids is 1. The van der Waals surface area contributed by atoms with Gasteiger partial charge in [0.2, 0.25) is 0 Å². The summed E-state index contributed by atoms with van der Waals surface area (Å²) < 4.78 is 6.73. The maximum atomic E-state index is 13.2. The number of anilines is 2. The van der Waals surface area contributed by atoms with Gasteiger partial charge >= 0.3 is 6.03 Å². The van der Waals surface area contributed by atoms with Gasteiger partial charge in [0.15, 0.2) is 5.15 Å². The van der Waals surface area contributed by atoms with Crippen LogP contribution in [0, 0.1) is 0 Å². The number of fused-ring (bicyclic) bond motifs is 1. The first-order valence-electron chi connectivity index (χ1n) is 9.30. The highest BCUT2D eigenvalue weighted by Gasteiger charge is 2.20. The van der Waals surface area contributed by atoms with Gasteiger partial charge in [-0.15, -0.1) is 0 Å². The van der Waals surface area contributed by atoms with Crippen LogP contribution in [0.4, 0.5) is 16.2 Å². The van der Waals surface area contributed by atoms with Gasteiger partial charge in [-0.05, 0) is 42.0 Å². The van der Waals surface area contributed by atoms with E-state index in [0.717, 1.165) is 0 Å². The first kappa shape index (κ1) is 20.4. The van der Waals surface area contributed by atoms with Crippen molar-refractivity contribution in [3.63, 3.8) is 0 Å². The van der Waals surface area contributed by atoms with Crippen LogP contribution in [0.5, 0.6) is 5.75 Å². The molecule has 0 atom stereocenters. The van der Waals surface area contributed by atoms with Gasteiger partial charge in [-0.1, -0.05) is 23.7 Å². The molecule has 0 spiro atoms. The zero-order valence-corrected chi connectivity index (χ0v) is 17.5. The van der Waals surface area contributed by atoms with Crippen LogP contribution in [0.3, 0.4) is 0 Å². The quantitative estimate of drug-likeness (QED) is 0.466. The highest BCUT2D eigenvalue weighted by molar-refractivity contribution is 6.32. The topological polar surface area (TPSA) is 98.1 Å². The Balaban J connectivity index is 1.87. The van der Waals surface area contributed by atoms with Gasteiger partial charge in [0.1, 0.15) is 17.1 Å². The average molecular weight is 436 g/mol. The van der Waals surface area contributed by atoms with E-state index in [2.05, 4.69) is 20.6 Å². The fourth-order valence-corrected chi connectivity index (χ4v) is 3.47. The number of aryl methyl sites for hydroxylation is 1. The summed E-state index contributed by atoms with van der Waals surface area (Å²) in [7, 11) is 3.17. The van der Waals surface area contributed by atoms with E-state index in [1.54, 1.807) is 50.7 Å². The number of hydrogen-bond acceptors (Lipinski definition) is 5. The van der Waals surface area contributed by atoms with Crippen LogP contribution >= 0.6 is 11.6 Å². The predicted molar refractivity (Wildman–Crippen MR) is 121 cm³/mol. The molecule has 0 aliphatic heterocycles. The van der Waals surface area contributed by atoms with Crippen LogP contribution in [-0.2, 0) is 7.05 Å². The number of nitrogens with zero attached hydrogens (tertiary/aromatic N) is 3. The van der Waals surface area contributed by atoms with Gasteiger partial charge in [0, 0.05) is 30.4 Å². The molecule has 3 heterocycles. The molecule has 0 bridgehead atoms. The second kappa shape index (κ2) is 8.45. The number of nitrogens with one attached hydrogen (secondary N) is 2. The van der Waals surface area contributed by atoms with E-state index < -0.39 is 11.6 Å². The Morgan fingerprint density at radius 1 is 1.06 bits per heavy atom. The zero-order valence-electron chi connectivity index (χ0n) is 16.7. The maximum Gasteiger partial charge on any atom is 0.323 e. The van der Waals surface area contributed by atoms with Gasteiger partial charge in [-0.3, -0.25) is 9.36 Å². The largest absolute Gasteiger partial charge is 0.497 e. The smallest absolute Gasteiger partial charge is 0.323 e. The Morgan fingerprint density at radius 2 is 1.84 bits per heavy atom. The summed E-state index contributed by atoms with van der Waals surface area (Å²) in [6, 6.07) is 13.5. The van der Waals surface area contributed by atoms with E-state index in [1.165, 1.54) is 10.8 Å². The van der Waals surface area contributed by atoms with E-state index in [4.69, 9.17) is 16.3 Å². The first-order chi connectivity index (χ1) is 15.0. The average Bonchev–Trinajstić information content (AvgIpc) is 2.79. The standard InChI is InChI=1S/C22H18ClN5O3/c1-28-20-15(8-4-11-25-20)17(13-6-3-7-14(12-13)31-2)18(21(28)29)27-22(30)26-16-9-5-10-24-19(16)23/h3-12H,1-2H3,(H2,26,27,30). The van der Waals surface area contributed by atoms with Crippen molar-refractivity contribution in [1.82, 2.24) is 14.5 Å². The predicted octanol–water partition coefficient (Wildman–Crippen LogP) is 4.30. The molecule has 156 valence electrons. The van der Waals surface area contributed by atoms with Crippen molar-refractivity contribution in [3.05, 3.63) is 76.4 Å². The van der Waals surface area contributed by atoms with Crippen LogP contribution in [-0.4, -0.2) is 27.7 Å². The molecule has 8 nitrogen and oxygen atoms in total. The molecular formula is C22H18ClN5O3. The van der Waals surface area contributed by atoms with E-state index in [9.17, 15) is 9.59 Å². The third-order valence-corrected chi connectivity index (χ3v) is 5.05. The van der Waals surface area contributed by atoms with Crippen molar-refractivity contribution in [3.8, 4) is 16.9 Å². The molecule has 4 rings (SSSR count). The lowest BCUT2D eigenvalue weighted by atomic mass is 10.00. The van der Waals surface area contributed by atoms with Crippen molar-refractivity contribution < 1.29 is 9.53 Å². The SMILES string of the molecule is COc1cccc(-c2c(NC(=O)Nc3cccnc3Cl)c(=O)n(C)c3ncccc23)c1. The van der Waals surface area contributed by atoms with Crippen LogP contribution in [0.1, 0.15) is 0 Å². The molecule has 0 radical (unpaired) electrons. The van der Waals surface area contributed by atoms with Crippen molar-refractivity contribution in [1.29, 1.82) is 0 Å². The monoisotopic (exact) mass is 435 g/mol. The Kier molecular flexibility index (Phi) is 5.55. The molecule has 2 N–H and O–H groups in total. The number of methoxy groups -OCH3 is 1. The summed E-state index contributed by atoms with van der Waals surface area (Å²) in [5.74, 6) is 0.618. The summed E-state index contributed by atoms with van der Waals surface area (Å²) >= 11 is 6.02. The van der Waals surface area contributed by atoms with E-state index in [-0.39, 0.29) is 10.8 Å². The Labute approximate surface area is 182 Å². The number of urea groups is 1. The lowest BCUT2D eigenvalue weighted by Crippen LogP contribution is -2.28. The minimum atomic E-state index is -0.626. The molecule has 0 aliphatic rings. The summed E-state index contributed by atoms with van der Waals surface area (Å²) in [6.45, 7) is 0. The number of pyridine rings is 3. The Bertz CT molecular complexity index is 1350. The van der Waals surface area contributed by atoms with Crippen molar-refractivity contribution >= 4 is 40.0 Å². The minimum absolute atomic E-state index is 0.105. The molecule has 9 heteroatoms. The second-order valence-electron chi connectivity index (χ2n) is 6.64. The molecule has 31 heavy (non-hydrogen) atoms. The number of rotatable bonds is 4. The number of halogens is 1. The zero-order chi connectivity index (χ0) is 22.0. The highest BCUT2D eigenvalue weighted by atomic mass is 35.5. The third kappa shape index (κ3) is 3.93. The number of benzene rings is 1. The van der Waals surface area contributed by atoms with Gasteiger partial charge in [0.25, 0.3) is 5.56 Å². The number of aromatic nitrogens is 3. The van der Waals surface area contributed by atoms with Crippen molar-refractivity contribution in [2.75, 3.05) is 17.7 Å². The normalized spacial score (nSPS) is 10.7. The minimum Gasteiger partial charge on any atom is -0.497 e. The molecule has 0 saturated heterocycles. The Morgan fingerprint density at radius 3 is 2.61 bits per heavy atom. The molecule has 3 aromatic heterocycles. The van der Waals surface area contributed by atoms with Crippen LogP contribution in [0.2, 0.25) is 5.15 Å². The molecule has 0 unspecified atom stereocenters. The lowest BCUT2D eigenvalue weighted by Gasteiger charge is -2.17. The molecular weight excluding hydrogens is 418 g/mol. The third-order valence-electron chi connectivity index (χ3n) is 4.75. The summed E-state index contributed by atoms with van der Waals surface area (Å²) in [5.41, 5.74) is 1.75. The summed E-state index contributed by atoms with van der Waals surface area (Å²) in [6.07, 6.45) is 3.12. The van der Waals surface area contributed by atoms with Gasteiger partial charge < -0.3 is 15.4 Å². The lowest BCUT2D eigenvalue weighted by molar-refractivity contribution is 0.262. The molecule has 2 amide bonds. The molecule has 1 aromatic carbocycles. The van der Waals surface area contributed by atoms with Crippen LogP contribution < -0.4 is 20.9 Å². The number of ether oxygens (including phenoxy) is 1.